The highest BCUT2D eigenvalue weighted by atomic mass is 32.1. The summed E-state index contributed by atoms with van der Waals surface area (Å²) in [6.45, 7) is 9.05. The van der Waals surface area contributed by atoms with Crippen LogP contribution < -0.4 is 15.4 Å². The van der Waals surface area contributed by atoms with Crippen molar-refractivity contribution in [2.24, 2.45) is 5.41 Å². The second kappa shape index (κ2) is 7.86. The van der Waals surface area contributed by atoms with Gasteiger partial charge in [-0.25, -0.2) is 4.98 Å². The summed E-state index contributed by atoms with van der Waals surface area (Å²) in [5.74, 6) is 0.244. The zero-order valence-electron chi connectivity index (χ0n) is 16.0. The van der Waals surface area contributed by atoms with Crippen molar-refractivity contribution < 1.29 is 14.3 Å². The average Bonchev–Trinajstić information content (AvgIpc) is 3.02. The standard InChI is InChI=1S/C19H25N3O3S/c1-11-7-8-15(25-6)13(9-11)14-10-26-18(21-14)22-16(23)12(2)20-17(24)19(3,4)5/h7-10,12H,1-6H3,(H,20,24)(H,21,22,23). The molecule has 0 fully saturated rings. The number of benzene rings is 1. The molecule has 7 heteroatoms. The van der Waals surface area contributed by atoms with Crippen LogP contribution in [0.5, 0.6) is 5.75 Å². The first-order valence-corrected chi connectivity index (χ1v) is 9.22. The van der Waals surface area contributed by atoms with Crippen LogP contribution in [-0.2, 0) is 9.59 Å². The molecule has 0 radical (unpaired) electrons. The van der Waals surface area contributed by atoms with E-state index < -0.39 is 11.5 Å². The summed E-state index contributed by atoms with van der Waals surface area (Å²) in [6, 6.07) is 5.21. The molecule has 0 saturated carbocycles. The number of carbonyl (C=O) groups is 2. The van der Waals surface area contributed by atoms with Crippen LogP contribution in [0.2, 0.25) is 0 Å². The highest BCUT2D eigenvalue weighted by molar-refractivity contribution is 7.14. The van der Waals surface area contributed by atoms with Gasteiger partial charge >= 0.3 is 0 Å². The molecule has 0 spiro atoms. The summed E-state index contributed by atoms with van der Waals surface area (Å²) < 4.78 is 5.39. The van der Waals surface area contributed by atoms with Crippen molar-refractivity contribution >= 4 is 28.3 Å². The van der Waals surface area contributed by atoms with E-state index >= 15 is 0 Å². The zero-order chi connectivity index (χ0) is 19.5. The lowest BCUT2D eigenvalue weighted by Crippen LogP contribution is -2.46. The molecule has 140 valence electrons. The smallest absolute Gasteiger partial charge is 0.248 e. The molecule has 0 saturated heterocycles. The summed E-state index contributed by atoms with van der Waals surface area (Å²) in [4.78, 5) is 28.8. The second-order valence-electron chi connectivity index (χ2n) is 7.18. The minimum atomic E-state index is -0.650. The molecule has 1 aromatic heterocycles. The van der Waals surface area contributed by atoms with E-state index in [-0.39, 0.29) is 11.8 Å². The minimum Gasteiger partial charge on any atom is -0.496 e. The maximum Gasteiger partial charge on any atom is 0.248 e. The third kappa shape index (κ3) is 4.82. The van der Waals surface area contributed by atoms with Crippen LogP contribution in [0.1, 0.15) is 33.3 Å². The number of thiazole rings is 1. The number of ether oxygens (including phenoxy) is 1. The van der Waals surface area contributed by atoms with Gasteiger partial charge in [0.1, 0.15) is 11.8 Å². The molecule has 0 aliphatic heterocycles. The van der Waals surface area contributed by atoms with Gasteiger partial charge in [-0.15, -0.1) is 11.3 Å². The van der Waals surface area contributed by atoms with E-state index in [9.17, 15) is 9.59 Å². The molecule has 1 heterocycles. The van der Waals surface area contributed by atoms with Gasteiger partial charge in [-0.1, -0.05) is 32.4 Å². The maximum atomic E-state index is 12.3. The minimum absolute atomic E-state index is 0.176. The van der Waals surface area contributed by atoms with Gasteiger partial charge in [-0.05, 0) is 26.0 Å². The van der Waals surface area contributed by atoms with Crippen molar-refractivity contribution in [1.29, 1.82) is 0 Å². The third-order valence-electron chi connectivity index (χ3n) is 3.79. The van der Waals surface area contributed by atoms with E-state index in [1.165, 1.54) is 11.3 Å². The van der Waals surface area contributed by atoms with Crippen molar-refractivity contribution in [3.8, 4) is 17.0 Å². The van der Waals surface area contributed by atoms with Crippen LogP contribution in [0, 0.1) is 12.3 Å². The third-order valence-corrected chi connectivity index (χ3v) is 4.55. The fourth-order valence-corrected chi connectivity index (χ4v) is 2.88. The summed E-state index contributed by atoms with van der Waals surface area (Å²) in [5, 5.41) is 7.81. The fourth-order valence-electron chi connectivity index (χ4n) is 2.17. The molecule has 2 rings (SSSR count). The zero-order valence-corrected chi connectivity index (χ0v) is 16.8. The fraction of sp³-hybridized carbons (Fsp3) is 0.421. The number of amides is 2. The Hall–Kier alpha value is -2.41. The summed E-state index contributed by atoms with van der Waals surface area (Å²) in [7, 11) is 1.61. The molecule has 2 N–H and O–H groups in total. The number of methoxy groups -OCH3 is 1. The Morgan fingerprint density at radius 3 is 2.58 bits per heavy atom. The van der Waals surface area contributed by atoms with Crippen molar-refractivity contribution in [3.63, 3.8) is 0 Å². The Morgan fingerprint density at radius 2 is 1.96 bits per heavy atom. The molecule has 6 nitrogen and oxygen atoms in total. The Kier molecular flexibility index (Phi) is 6.02. The quantitative estimate of drug-likeness (QED) is 0.836. The Balaban J connectivity index is 2.10. The predicted molar refractivity (Wildman–Crippen MR) is 105 cm³/mol. The highest BCUT2D eigenvalue weighted by Crippen LogP contribution is 2.33. The van der Waals surface area contributed by atoms with Gasteiger partial charge in [0.25, 0.3) is 0 Å². The van der Waals surface area contributed by atoms with Gasteiger partial charge < -0.3 is 15.4 Å². The number of rotatable bonds is 5. The van der Waals surface area contributed by atoms with Gasteiger partial charge in [0.15, 0.2) is 5.13 Å². The molecule has 2 amide bonds. The maximum absolute atomic E-state index is 12.3. The number of hydrogen-bond donors (Lipinski definition) is 2. The Morgan fingerprint density at radius 1 is 1.27 bits per heavy atom. The van der Waals surface area contributed by atoms with Gasteiger partial charge in [-0.2, -0.15) is 0 Å². The van der Waals surface area contributed by atoms with E-state index in [0.29, 0.717) is 5.13 Å². The number of hydrogen-bond acceptors (Lipinski definition) is 5. The molecule has 0 aliphatic rings. The van der Waals surface area contributed by atoms with Crippen LogP contribution in [0.4, 0.5) is 5.13 Å². The van der Waals surface area contributed by atoms with E-state index in [1.54, 1.807) is 34.8 Å². The van der Waals surface area contributed by atoms with Crippen molar-refractivity contribution in [3.05, 3.63) is 29.1 Å². The number of carbonyl (C=O) groups excluding carboxylic acids is 2. The van der Waals surface area contributed by atoms with Crippen LogP contribution in [0.15, 0.2) is 23.6 Å². The number of nitrogens with zero attached hydrogens (tertiary/aromatic N) is 1. The predicted octanol–water partition coefficient (Wildman–Crippen LogP) is 3.62. The lowest BCUT2D eigenvalue weighted by atomic mass is 9.95. The Labute approximate surface area is 158 Å². The molecular weight excluding hydrogens is 350 g/mol. The number of anilines is 1. The summed E-state index contributed by atoms with van der Waals surface area (Å²) in [6.07, 6.45) is 0. The van der Waals surface area contributed by atoms with Crippen molar-refractivity contribution in [1.82, 2.24) is 10.3 Å². The summed E-state index contributed by atoms with van der Waals surface area (Å²) >= 11 is 1.33. The Bertz CT molecular complexity index is 809. The molecule has 0 bridgehead atoms. The second-order valence-corrected chi connectivity index (χ2v) is 8.03. The van der Waals surface area contributed by atoms with E-state index in [4.69, 9.17) is 4.74 Å². The molecule has 26 heavy (non-hydrogen) atoms. The first-order valence-electron chi connectivity index (χ1n) is 8.34. The van der Waals surface area contributed by atoms with Crippen molar-refractivity contribution in [2.75, 3.05) is 12.4 Å². The largest absolute Gasteiger partial charge is 0.496 e. The topological polar surface area (TPSA) is 80.3 Å². The number of nitrogens with one attached hydrogen (secondary N) is 2. The lowest BCUT2D eigenvalue weighted by molar-refractivity contribution is -0.131. The lowest BCUT2D eigenvalue weighted by Gasteiger charge is -2.21. The molecule has 2 aromatic rings. The molecule has 0 aliphatic carbocycles. The van der Waals surface area contributed by atoms with Gasteiger partial charge in [0.2, 0.25) is 11.8 Å². The SMILES string of the molecule is COc1ccc(C)cc1-c1csc(NC(=O)C(C)NC(=O)C(C)(C)C)n1. The van der Waals surface area contributed by atoms with Gasteiger partial charge in [0, 0.05) is 16.4 Å². The van der Waals surface area contributed by atoms with Crippen LogP contribution in [0.3, 0.4) is 0 Å². The molecule has 1 atom stereocenters. The van der Waals surface area contributed by atoms with Gasteiger partial charge in [-0.3, -0.25) is 9.59 Å². The van der Waals surface area contributed by atoms with E-state index in [2.05, 4.69) is 15.6 Å². The molecule has 1 unspecified atom stereocenters. The van der Waals surface area contributed by atoms with Crippen molar-refractivity contribution in [2.45, 2.75) is 40.7 Å². The first-order chi connectivity index (χ1) is 12.1. The highest BCUT2D eigenvalue weighted by Gasteiger charge is 2.25. The van der Waals surface area contributed by atoms with E-state index in [0.717, 1.165) is 22.6 Å². The average molecular weight is 375 g/mol. The number of aryl methyl sites for hydroxylation is 1. The first kappa shape index (κ1) is 19.9. The van der Waals surface area contributed by atoms with Gasteiger partial charge in [0.05, 0.1) is 12.8 Å². The molecular formula is C19H25N3O3S. The van der Waals surface area contributed by atoms with E-state index in [1.807, 2.05) is 30.5 Å². The summed E-state index contributed by atoms with van der Waals surface area (Å²) in [5.41, 5.74) is 2.15. The number of aromatic nitrogens is 1. The normalized spacial score (nSPS) is 12.4. The monoisotopic (exact) mass is 375 g/mol. The van der Waals surface area contributed by atoms with Crippen LogP contribution >= 0.6 is 11.3 Å². The molecule has 1 aromatic carbocycles. The van der Waals surface area contributed by atoms with Crippen LogP contribution in [-0.4, -0.2) is 29.9 Å². The van der Waals surface area contributed by atoms with Crippen LogP contribution in [0.25, 0.3) is 11.3 Å².